The first kappa shape index (κ1) is 39.0. The molecule has 3 nitrogen and oxygen atoms in total. The molecule has 0 aliphatic heterocycles. The lowest BCUT2D eigenvalue weighted by Gasteiger charge is -2.31. The van der Waals surface area contributed by atoms with Gasteiger partial charge >= 0.3 is 0 Å². The minimum Gasteiger partial charge on any atom is -0.494 e. The summed E-state index contributed by atoms with van der Waals surface area (Å²) in [6.07, 6.45) is 10.2. The van der Waals surface area contributed by atoms with Gasteiger partial charge in [-0.25, -0.2) is 0 Å². The van der Waals surface area contributed by atoms with E-state index >= 15 is 0 Å². The fourth-order valence-corrected chi connectivity index (χ4v) is 10.1. The summed E-state index contributed by atoms with van der Waals surface area (Å²) in [5, 5.41) is 13.9. The SMILES string of the molecule is CCCCCCCOc1ccc2cc(-c3ccc4c(c3)C3(c5ccccc5-4)c4ccccc4-c4ccc(-c5ccc6cc(OCCCCCCO)ccc6c5)cc43)ccc2c1. The van der Waals surface area contributed by atoms with E-state index in [9.17, 15) is 0 Å². The number of hydrogen-bond acceptors (Lipinski definition) is 3. The van der Waals surface area contributed by atoms with Gasteiger partial charge in [-0.15, -0.1) is 0 Å². The van der Waals surface area contributed by atoms with E-state index in [-0.39, 0.29) is 6.61 Å². The average Bonchev–Trinajstić information content (AvgIpc) is 3.77. The summed E-state index contributed by atoms with van der Waals surface area (Å²) >= 11 is 0. The van der Waals surface area contributed by atoms with E-state index < -0.39 is 5.41 Å². The van der Waals surface area contributed by atoms with Crippen LogP contribution in [-0.4, -0.2) is 24.9 Å². The summed E-state index contributed by atoms with van der Waals surface area (Å²) < 4.78 is 12.3. The van der Waals surface area contributed by atoms with E-state index in [1.165, 1.54) is 114 Å². The Morgan fingerprint density at radius 1 is 0.377 bits per heavy atom. The molecule has 61 heavy (non-hydrogen) atoms. The van der Waals surface area contributed by atoms with Crippen molar-refractivity contribution in [3.63, 3.8) is 0 Å². The summed E-state index contributed by atoms with van der Waals surface area (Å²) in [6, 6.07) is 59.1. The first-order chi connectivity index (χ1) is 30.1. The maximum Gasteiger partial charge on any atom is 0.119 e. The van der Waals surface area contributed by atoms with Crippen molar-refractivity contribution in [2.24, 2.45) is 0 Å². The van der Waals surface area contributed by atoms with E-state index in [2.05, 4.69) is 165 Å². The Hall–Kier alpha value is -6.16. The molecule has 1 spiro atoms. The summed E-state index contributed by atoms with van der Waals surface area (Å²) in [7, 11) is 0. The highest BCUT2D eigenvalue weighted by molar-refractivity contribution is 5.98. The lowest BCUT2D eigenvalue weighted by molar-refractivity contribution is 0.273. The molecule has 2 aliphatic carbocycles. The van der Waals surface area contributed by atoms with Crippen molar-refractivity contribution < 1.29 is 14.6 Å². The molecule has 0 saturated heterocycles. The van der Waals surface area contributed by atoms with Crippen LogP contribution >= 0.6 is 0 Å². The first-order valence-electron chi connectivity index (χ1n) is 22.6. The predicted octanol–water partition coefficient (Wildman–Crippen LogP) is 15.0. The zero-order valence-electron chi connectivity index (χ0n) is 35.3. The van der Waals surface area contributed by atoms with Crippen molar-refractivity contribution in [2.75, 3.05) is 19.8 Å². The number of unbranched alkanes of at least 4 members (excludes halogenated alkanes) is 7. The molecule has 8 aromatic carbocycles. The van der Waals surface area contributed by atoms with Crippen molar-refractivity contribution in [2.45, 2.75) is 70.1 Å². The Balaban J connectivity index is 1.01. The maximum atomic E-state index is 9.06. The summed E-state index contributed by atoms with van der Waals surface area (Å²) in [6.45, 7) is 3.99. The smallest absolute Gasteiger partial charge is 0.119 e. The van der Waals surface area contributed by atoms with Crippen LogP contribution in [0.1, 0.15) is 87.0 Å². The van der Waals surface area contributed by atoms with E-state index in [1.54, 1.807) is 0 Å². The molecule has 1 unspecified atom stereocenters. The van der Waals surface area contributed by atoms with Gasteiger partial charge in [0, 0.05) is 6.61 Å². The van der Waals surface area contributed by atoms with Crippen molar-refractivity contribution in [3.05, 3.63) is 180 Å². The molecule has 0 fully saturated rings. The summed E-state index contributed by atoms with van der Waals surface area (Å²) in [4.78, 5) is 0. The van der Waals surface area contributed by atoms with Crippen LogP contribution in [0.2, 0.25) is 0 Å². The van der Waals surface area contributed by atoms with Crippen LogP contribution in [0.4, 0.5) is 0 Å². The van der Waals surface area contributed by atoms with E-state index in [4.69, 9.17) is 14.6 Å². The lowest BCUT2D eigenvalue weighted by atomic mass is 9.70. The molecular weight excluding hydrogens is 745 g/mol. The number of benzene rings is 8. The Labute approximate surface area is 360 Å². The lowest BCUT2D eigenvalue weighted by Crippen LogP contribution is -2.26. The number of ether oxygens (including phenoxy) is 2. The van der Waals surface area contributed by atoms with Crippen LogP contribution < -0.4 is 9.47 Å². The van der Waals surface area contributed by atoms with Gasteiger partial charge in [0.25, 0.3) is 0 Å². The third-order valence-corrected chi connectivity index (χ3v) is 13.2. The topological polar surface area (TPSA) is 38.7 Å². The minimum atomic E-state index is -0.454. The molecule has 1 N–H and O–H groups in total. The summed E-state index contributed by atoms with van der Waals surface area (Å²) in [5.41, 5.74) is 15.0. The van der Waals surface area contributed by atoms with Crippen LogP contribution in [-0.2, 0) is 5.41 Å². The van der Waals surface area contributed by atoms with Crippen LogP contribution in [0, 0.1) is 0 Å². The minimum absolute atomic E-state index is 0.264. The first-order valence-corrected chi connectivity index (χ1v) is 22.6. The zero-order valence-corrected chi connectivity index (χ0v) is 35.3. The molecular formula is C58H54O3. The highest BCUT2D eigenvalue weighted by atomic mass is 16.5. The fourth-order valence-electron chi connectivity index (χ4n) is 10.1. The van der Waals surface area contributed by atoms with Crippen molar-refractivity contribution in [1.29, 1.82) is 0 Å². The van der Waals surface area contributed by atoms with Crippen LogP contribution in [0.25, 0.3) is 66.1 Å². The second-order valence-electron chi connectivity index (χ2n) is 17.1. The molecule has 0 aromatic heterocycles. The Bertz CT molecular complexity index is 2670. The highest BCUT2D eigenvalue weighted by Gasteiger charge is 2.51. The molecule has 0 radical (unpaired) electrons. The molecule has 0 amide bonds. The monoisotopic (exact) mass is 798 g/mol. The number of rotatable bonds is 16. The average molecular weight is 799 g/mol. The molecule has 2 aliphatic rings. The van der Waals surface area contributed by atoms with Gasteiger partial charge in [-0.1, -0.05) is 148 Å². The number of aliphatic hydroxyl groups excluding tert-OH is 1. The van der Waals surface area contributed by atoms with Crippen LogP contribution in [0.5, 0.6) is 11.5 Å². The van der Waals surface area contributed by atoms with E-state index in [1.807, 2.05) is 0 Å². The predicted molar refractivity (Wildman–Crippen MR) is 254 cm³/mol. The number of aliphatic hydroxyl groups is 1. The highest BCUT2D eigenvalue weighted by Crippen LogP contribution is 2.63. The molecule has 0 bridgehead atoms. The Morgan fingerprint density at radius 3 is 1.30 bits per heavy atom. The second kappa shape index (κ2) is 17.1. The zero-order chi connectivity index (χ0) is 41.2. The number of fused-ring (bicyclic) bond motifs is 12. The summed E-state index contributed by atoms with van der Waals surface area (Å²) in [5.74, 6) is 1.86. The number of hydrogen-bond donors (Lipinski definition) is 1. The standard InChI is InChI=1S/C58H54O3/c1-2-3-4-6-13-32-60-48-27-23-42-34-40(19-21-44(42)36-48)46-25-29-52-50-15-8-10-17-54(50)58(56(52)38-46)55-18-11-9-16-51(55)53-30-26-47(39-57(53)58)41-20-22-45-37-49(28-24-43(45)35-41)61-33-14-7-5-12-31-59/h8-11,15-30,34-39,59H,2-7,12-14,31-33H2,1H3. The van der Waals surface area contributed by atoms with E-state index in [0.29, 0.717) is 6.61 Å². The molecule has 3 heteroatoms. The normalized spacial score (nSPS) is 14.6. The fraction of sp³-hybridized carbons (Fsp3) is 0.241. The van der Waals surface area contributed by atoms with Gasteiger partial charge in [0.05, 0.1) is 18.6 Å². The Kier molecular flexibility index (Phi) is 10.9. The van der Waals surface area contributed by atoms with Gasteiger partial charge < -0.3 is 14.6 Å². The molecule has 304 valence electrons. The molecule has 10 rings (SSSR count). The molecule has 0 saturated carbocycles. The van der Waals surface area contributed by atoms with Gasteiger partial charge in [0.15, 0.2) is 0 Å². The van der Waals surface area contributed by atoms with Crippen molar-refractivity contribution >= 4 is 21.5 Å². The molecule has 8 aromatic rings. The molecule has 0 heterocycles. The van der Waals surface area contributed by atoms with Gasteiger partial charge in [-0.2, -0.15) is 0 Å². The van der Waals surface area contributed by atoms with Crippen LogP contribution in [0.15, 0.2) is 158 Å². The third-order valence-electron chi connectivity index (χ3n) is 13.2. The van der Waals surface area contributed by atoms with E-state index in [0.717, 1.165) is 50.2 Å². The van der Waals surface area contributed by atoms with Gasteiger partial charge in [-0.3, -0.25) is 0 Å². The Morgan fingerprint density at radius 2 is 0.787 bits per heavy atom. The third kappa shape index (κ3) is 7.19. The maximum absolute atomic E-state index is 9.06. The van der Waals surface area contributed by atoms with Crippen LogP contribution in [0.3, 0.4) is 0 Å². The molecule has 1 atom stereocenters. The van der Waals surface area contributed by atoms with Gasteiger partial charge in [0.2, 0.25) is 0 Å². The van der Waals surface area contributed by atoms with Crippen molar-refractivity contribution in [3.8, 4) is 56.0 Å². The second-order valence-corrected chi connectivity index (χ2v) is 17.1. The van der Waals surface area contributed by atoms with Gasteiger partial charge in [-0.05, 0) is 163 Å². The quantitative estimate of drug-likeness (QED) is 0.0990. The van der Waals surface area contributed by atoms with Gasteiger partial charge in [0.1, 0.15) is 11.5 Å². The largest absolute Gasteiger partial charge is 0.494 e. The van der Waals surface area contributed by atoms with Crippen molar-refractivity contribution in [1.82, 2.24) is 0 Å².